The van der Waals surface area contributed by atoms with Gasteiger partial charge < -0.3 is 50.5 Å². The quantitative estimate of drug-likeness (QED) is 0.0577. The molecule has 18 nitrogen and oxygen atoms in total. The fourth-order valence-corrected chi connectivity index (χ4v) is 8.82. The van der Waals surface area contributed by atoms with E-state index in [1.165, 1.54) is 28.8 Å². The van der Waals surface area contributed by atoms with Crippen molar-refractivity contribution in [2.75, 3.05) is 37.8 Å². The van der Waals surface area contributed by atoms with Crippen molar-refractivity contribution in [1.29, 1.82) is 0 Å². The minimum atomic E-state index is -1.40. The first-order valence-corrected chi connectivity index (χ1v) is 17.5. The monoisotopic (exact) mass is 754 g/mol. The SMILES string of the molecule is CC1OC(=O)OC1COC(=O)N1CC(N2CC/C(=C\C3=C(C(=O)O)N4C(=O)[C@@H](NC(=O)/C(=N\O)c5cc(N)sc5Cl)[C@H]4SC3)C2=O)CC1CO. The van der Waals surface area contributed by atoms with Gasteiger partial charge in [-0.15, -0.1) is 23.1 Å². The van der Waals surface area contributed by atoms with Gasteiger partial charge in [-0.05, 0) is 37.5 Å². The fraction of sp³-hybridized carbons (Fsp3) is 0.483. The molecule has 4 saturated heterocycles. The molecule has 5 aliphatic heterocycles. The molecule has 6 atom stereocenters. The molecular weight excluding hydrogens is 724 g/mol. The molecule has 6 heterocycles. The second-order valence-corrected chi connectivity index (χ2v) is 14.7. The highest BCUT2D eigenvalue weighted by Gasteiger charge is 2.54. The summed E-state index contributed by atoms with van der Waals surface area (Å²) < 4.78 is 15.3. The summed E-state index contributed by atoms with van der Waals surface area (Å²) in [6.45, 7) is 1.33. The summed E-state index contributed by atoms with van der Waals surface area (Å²) in [7, 11) is 0. The highest BCUT2D eigenvalue weighted by atomic mass is 35.5. The number of carbonyl (C=O) groups is 6. The molecular formula is C29H31ClN6O12S2. The molecule has 4 amide bonds. The summed E-state index contributed by atoms with van der Waals surface area (Å²) in [5, 5.41) is 34.5. The summed E-state index contributed by atoms with van der Waals surface area (Å²) in [6, 6.07) is -0.879. The van der Waals surface area contributed by atoms with Crippen molar-refractivity contribution in [2.45, 2.75) is 55.5 Å². The maximum atomic E-state index is 13.6. The van der Waals surface area contributed by atoms with Crippen LogP contribution >= 0.6 is 34.7 Å². The van der Waals surface area contributed by atoms with E-state index in [1.54, 1.807) is 11.8 Å². The Morgan fingerprint density at radius 1 is 1.26 bits per heavy atom. The van der Waals surface area contributed by atoms with Crippen molar-refractivity contribution >= 4 is 81.4 Å². The van der Waals surface area contributed by atoms with Gasteiger partial charge in [0.1, 0.15) is 34.2 Å². The number of amides is 4. The Balaban J connectivity index is 1.11. The van der Waals surface area contributed by atoms with E-state index in [2.05, 4.69) is 10.5 Å². The number of aliphatic hydroxyl groups excluding tert-OH is 1. The van der Waals surface area contributed by atoms with E-state index >= 15 is 0 Å². The number of fused-ring (bicyclic) bond motifs is 1. The molecule has 6 rings (SSSR count). The number of allylic oxidation sites excluding steroid dienone is 1. The summed E-state index contributed by atoms with van der Waals surface area (Å²) >= 11 is 8.23. The topological polar surface area (TPSA) is 251 Å². The first-order chi connectivity index (χ1) is 23.8. The van der Waals surface area contributed by atoms with E-state index in [0.717, 1.165) is 16.2 Å². The third-order valence-electron chi connectivity index (χ3n) is 8.97. The minimum absolute atomic E-state index is 0.0693. The number of likely N-dealkylation sites (tertiary alicyclic amines) is 2. The van der Waals surface area contributed by atoms with E-state index in [9.17, 15) is 44.2 Å². The predicted octanol–water partition coefficient (Wildman–Crippen LogP) is 0.555. The number of hydrogen-bond donors (Lipinski definition) is 5. The van der Waals surface area contributed by atoms with Crippen LogP contribution in [0, 0.1) is 0 Å². The third kappa shape index (κ3) is 6.42. The maximum Gasteiger partial charge on any atom is 0.509 e. The standard InChI is InChI=1S/C29H31ClN6O12S2/c1-11-17(48-29(44)47-11)9-46-28(43)35-7-14(5-15(35)8-37)34-3-2-12(24(34)39)4-13-10-49-26-20(25(40)36(26)21(13)27(41)42)32-23(38)19(33-45)16-6-18(31)50-22(16)30/h4,6,11,14-15,17,20,26,37,45H,2-3,5,7-10,31H2,1H3,(H,32,38)(H,41,42)/b12-4+,33-19-/t11?,14?,15?,17?,20-,26-/m1/s1. The number of halogens is 1. The van der Waals surface area contributed by atoms with E-state index < -0.39 is 71.5 Å². The number of oxime groups is 1. The number of aliphatic carboxylic acids is 1. The van der Waals surface area contributed by atoms with Gasteiger partial charge in [-0.1, -0.05) is 16.8 Å². The predicted molar refractivity (Wildman–Crippen MR) is 174 cm³/mol. The molecule has 1 aromatic rings. The Morgan fingerprint density at radius 3 is 2.64 bits per heavy atom. The van der Waals surface area contributed by atoms with E-state index in [4.69, 9.17) is 31.5 Å². The number of nitrogen functional groups attached to an aromatic ring is 1. The number of aliphatic hydroxyl groups is 1. The number of cyclic esters (lactones) is 2. The second-order valence-electron chi connectivity index (χ2n) is 11.9. The van der Waals surface area contributed by atoms with Crippen LogP contribution in [0.1, 0.15) is 25.3 Å². The lowest BCUT2D eigenvalue weighted by Crippen LogP contribution is -2.71. The number of thiophene rings is 1. The summed E-state index contributed by atoms with van der Waals surface area (Å²) in [4.78, 5) is 80.2. The van der Waals surface area contributed by atoms with Crippen molar-refractivity contribution in [3.63, 3.8) is 0 Å². The zero-order valence-corrected chi connectivity index (χ0v) is 28.5. The second kappa shape index (κ2) is 14.0. The Kier molecular flexibility index (Phi) is 9.89. The largest absolute Gasteiger partial charge is 0.509 e. The van der Waals surface area contributed by atoms with Gasteiger partial charge in [-0.25, -0.2) is 14.4 Å². The molecule has 0 spiro atoms. The van der Waals surface area contributed by atoms with Crippen LogP contribution in [0.3, 0.4) is 0 Å². The number of carboxylic acids is 1. The van der Waals surface area contributed by atoms with Crippen molar-refractivity contribution in [3.8, 4) is 0 Å². The smallest absolute Gasteiger partial charge is 0.477 e. The van der Waals surface area contributed by atoms with Crippen LogP contribution in [0.15, 0.2) is 34.1 Å². The van der Waals surface area contributed by atoms with Crippen molar-refractivity contribution in [1.82, 2.24) is 20.0 Å². The van der Waals surface area contributed by atoms with Gasteiger partial charge in [0.05, 0.1) is 23.7 Å². The van der Waals surface area contributed by atoms with Crippen molar-refractivity contribution in [2.24, 2.45) is 5.16 Å². The normalized spacial score (nSPS) is 28.9. The van der Waals surface area contributed by atoms with Crippen LogP contribution in [-0.2, 0) is 33.4 Å². The van der Waals surface area contributed by atoms with E-state index in [1.807, 2.05) is 0 Å². The van der Waals surface area contributed by atoms with Crippen molar-refractivity contribution < 1.29 is 58.4 Å². The number of thioether (sulfide) groups is 1. The zero-order chi connectivity index (χ0) is 36.0. The number of rotatable bonds is 9. The van der Waals surface area contributed by atoms with Crippen LogP contribution in [0.4, 0.5) is 14.6 Å². The Morgan fingerprint density at radius 2 is 2.02 bits per heavy atom. The highest BCUT2D eigenvalue weighted by molar-refractivity contribution is 8.00. The number of nitrogens with zero attached hydrogens (tertiary/aromatic N) is 4. The van der Waals surface area contributed by atoms with Gasteiger partial charge in [-0.3, -0.25) is 19.3 Å². The Labute approximate surface area is 296 Å². The number of carboxylic acid groups (broad SMARTS) is 1. The summed E-state index contributed by atoms with van der Waals surface area (Å²) in [6.07, 6.45) is -0.983. The first-order valence-electron chi connectivity index (χ1n) is 15.2. The Hall–Kier alpha value is -4.53. The average molecular weight is 755 g/mol. The number of ether oxygens (including phenoxy) is 3. The van der Waals surface area contributed by atoms with E-state index in [-0.39, 0.29) is 77.0 Å². The fourth-order valence-electron chi connectivity index (χ4n) is 6.46. The minimum Gasteiger partial charge on any atom is -0.477 e. The zero-order valence-electron chi connectivity index (χ0n) is 26.1. The molecule has 50 heavy (non-hydrogen) atoms. The van der Waals surface area contributed by atoms with Gasteiger partial charge in [0, 0.05) is 30.0 Å². The molecule has 6 N–H and O–H groups in total. The average Bonchev–Trinajstić information content (AvgIpc) is 3.84. The third-order valence-corrected chi connectivity index (χ3v) is 11.5. The molecule has 268 valence electrons. The molecule has 0 aromatic carbocycles. The molecule has 21 heteroatoms. The molecule has 0 radical (unpaired) electrons. The van der Waals surface area contributed by atoms with Crippen LogP contribution in [-0.4, -0.2) is 140 Å². The molecule has 4 unspecified atom stereocenters. The first kappa shape index (κ1) is 35.3. The molecule has 4 fully saturated rings. The lowest BCUT2D eigenvalue weighted by atomic mass is 10.0. The number of anilines is 1. The lowest BCUT2D eigenvalue weighted by molar-refractivity contribution is -0.150. The Bertz CT molecular complexity index is 1750. The van der Waals surface area contributed by atoms with Crippen LogP contribution in [0.5, 0.6) is 0 Å². The number of nitrogens with two attached hydrogens (primary N) is 1. The molecule has 5 aliphatic rings. The number of carbonyl (C=O) groups excluding carboxylic acids is 5. The van der Waals surface area contributed by atoms with Crippen LogP contribution in [0.2, 0.25) is 4.34 Å². The van der Waals surface area contributed by atoms with Gasteiger partial charge in [0.15, 0.2) is 11.8 Å². The van der Waals surface area contributed by atoms with Gasteiger partial charge in [-0.2, -0.15) is 0 Å². The molecule has 0 bridgehead atoms. The van der Waals surface area contributed by atoms with Crippen LogP contribution in [0.25, 0.3) is 0 Å². The van der Waals surface area contributed by atoms with Gasteiger partial charge in [0.25, 0.3) is 11.8 Å². The number of nitrogens with one attached hydrogen (secondary N) is 1. The van der Waals surface area contributed by atoms with Gasteiger partial charge in [0.2, 0.25) is 5.91 Å². The summed E-state index contributed by atoms with van der Waals surface area (Å²) in [5.41, 5.74) is 5.54. The van der Waals surface area contributed by atoms with E-state index in [0.29, 0.717) is 5.57 Å². The molecule has 1 aromatic heterocycles. The lowest BCUT2D eigenvalue weighted by Gasteiger charge is -2.49. The number of hydrogen-bond acceptors (Lipinski definition) is 15. The molecule has 0 saturated carbocycles. The number of β-lactam (4-membered cyclic amide) rings is 1. The maximum absolute atomic E-state index is 13.6. The van der Waals surface area contributed by atoms with Crippen molar-refractivity contribution in [3.05, 3.63) is 38.9 Å². The highest BCUT2D eigenvalue weighted by Crippen LogP contribution is 2.42. The van der Waals surface area contributed by atoms with Gasteiger partial charge >= 0.3 is 18.2 Å². The molecule has 0 aliphatic carbocycles. The summed E-state index contributed by atoms with van der Waals surface area (Å²) in [5.74, 6) is -3.30. The van der Waals surface area contributed by atoms with Crippen LogP contribution < -0.4 is 11.1 Å².